The van der Waals surface area contributed by atoms with Crippen LogP contribution in [0.5, 0.6) is 0 Å². The highest BCUT2D eigenvalue weighted by molar-refractivity contribution is 4.81. The summed E-state index contributed by atoms with van der Waals surface area (Å²) >= 11 is 0. The highest BCUT2D eigenvalue weighted by Gasteiger charge is 2.23. The summed E-state index contributed by atoms with van der Waals surface area (Å²) in [7, 11) is 0. The molecule has 0 amide bonds. The highest BCUT2D eigenvalue weighted by Crippen LogP contribution is 2.24. The summed E-state index contributed by atoms with van der Waals surface area (Å²) in [5.74, 6) is 0.882. The van der Waals surface area contributed by atoms with Crippen molar-refractivity contribution in [3.8, 4) is 0 Å². The Bertz CT molecular complexity index is 177. The molecule has 0 bridgehead atoms. The normalized spacial score (nSPS) is 34.2. The lowest BCUT2D eigenvalue weighted by atomic mass is 9.88. The largest absolute Gasteiger partial charge is 0.392 e. The summed E-state index contributed by atoms with van der Waals surface area (Å²) in [4.78, 5) is 0. The van der Waals surface area contributed by atoms with Crippen LogP contribution in [-0.4, -0.2) is 23.8 Å². The average molecular weight is 211 g/mol. The van der Waals surface area contributed by atoms with Crippen molar-refractivity contribution >= 4 is 0 Å². The van der Waals surface area contributed by atoms with Crippen LogP contribution in [-0.2, 0) is 0 Å². The molecule has 2 saturated carbocycles. The van der Waals surface area contributed by atoms with E-state index < -0.39 is 0 Å². The first-order chi connectivity index (χ1) is 7.36. The molecular formula is C13H25NO. The lowest BCUT2D eigenvalue weighted by molar-refractivity contribution is 0.0876. The number of aliphatic hydroxyl groups excluding tert-OH is 1. The molecule has 0 aromatic heterocycles. The fourth-order valence-electron chi connectivity index (χ4n) is 3.06. The fraction of sp³-hybridized carbons (Fsp3) is 1.00. The van der Waals surface area contributed by atoms with E-state index in [-0.39, 0.29) is 6.10 Å². The minimum absolute atomic E-state index is 0.0812. The van der Waals surface area contributed by atoms with E-state index in [1.807, 2.05) is 0 Å². The van der Waals surface area contributed by atoms with Crippen LogP contribution in [0.25, 0.3) is 0 Å². The Labute approximate surface area is 93.5 Å². The topological polar surface area (TPSA) is 32.3 Å². The molecule has 2 aliphatic carbocycles. The maximum Gasteiger partial charge on any atom is 0.0693 e. The third-order valence-corrected chi connectivity index (χ3v) is 4.12. The molecule has 2 nitrogen and oxygen atoms in total. The van der Waals surface area contributed by atoms with Crippen LogP contribution in [0.3, 0.4) is 0 Å². The monoisotopic (exact) mass is 211 g/mol. The zero-order chi connectivity index (χ0) is 10.5. The van der Waals surface area contributed by atoms with Gasteiger partial charge in [-0.15, -0.1) is 0 Å². The van der Waals surface area contributed by atoms with Crippen molar-refractivity contribution in [2.45, 2.75) is 69.9 Å². The van der Waals surface area contributed by atoms with E-state index in [4.69, 9.17) is 0 Å². The Morgan fingerprint density at radius 2 is 1.53 bits per heavy atom. The van der Waals surface area contributed by atoms with E-state index in [0.29, 0.717) is 6.04 Å². The molecule has 88 valence electrons. The van der Waals surface area contributed by atoms with Gasteiger partial charge in [0.15, 0.2) is 0 Å². The minimum atomic E-state index is -0.0812. The van der Waals surface area contributed by atoms with E-state index in [1.54, 1.807) is 0 Å². The van der Waals surface area contributed by atoms with Gasteiger partial charge < -0.3 is 10.4 Å². The van der Waals surface area contributed by atoms with Crippen molar-refractivity contribution < 1.29 is 5.11 Å². The number of nitrogens with one attached hydrogen (secondary N) is 1. The summed E-state index contributed by atoms with van der Waals surface area (Å²) in [6.45, 7) is 1.14. The minimum Gasteiger partial charge on any atom is -0.392 e. The van der Waals surface area contributed by atoms with Gasteiger partial charge >= 0.3 is 0 Å². The lowest BCUT2D eigenvalue weighted by Crippen LogP contribution is -2.44. The first-order valence-electron chi connectivity index (χ1n) is 6.78. The van der Waals surface area contributed by atoms with E-state index in [0.717, 1.165) is 18.9 Å². The number of hydrogen-bond donors (Lipinski definition) is 2. The van der Waals surface area contributed by atoms with Gasteiger partial charge in [-0.3, -0.25) is 0 Å². The fourth-order valence-corrected chi connectivity index (χ4v) is 3.06. The van der Waals surface area contributed by atoms with Crippen LogP contribution >= 0.6 is 0 Å². The third-order valence-electron chi connectivity index (χ3n) is 4.12. The quantitative estimate of drug-likeness (QED) is 0.751. The maximum atomic E-state index is 9.84. The predicted molar refractivity (Wildman–Crippen MR) is 62.8 cm³/mol. The molecule has 0 aliphatic heterocycles. The summed E-state index contributed by atoms with van der Waals surface area (Å²) in [5.41, 5.74) is 0. The smallest absolute Gasteiger partial charge is 0.0693 e. The zero-order valence-electron chi connectivity index (χ0n) is 9.75. The molecule has 2 rings (SSSR count). The molecule has 0 saturated heterocycles. The number of hydrogen-bond acceptors (Lipinski definition) is 2. The Balaban J connectivity index is 1.67. The molecule has 15 heavy (non-hydrogen) atoms. The van der Waals surface area contributed by atoms with Crippen LogP contribution in [0.15, 0.2) is 0 Å². The highest BCUT2D eigenvalue weighted by atomic mass is 16.3. The zero-order valence-corrected chi connectivity index (χ0v) is 9.75. The van der Waals surface area contributed by atoms with Crippen LogP contribution in [0.4, 0.5) is 0 Å². The SMILES string of the molecule is O[C@H]1CCCC[C@H]1NCC1CCCCC1. The molecule has 0 aromatic carbocycles. The lowest BCUT2D eigenvalue weighted by Gasteiger charge is -2.31. The van der Waals surface area contributed by atoms with Gasteiger partial charge in [0.05, 0.1) is 6.10 Å². The first-order valence-corrected chi connectivity index (χ1v) is 6.78. The van der Waals surface area contributed by atoms with Gasteiger partial charge in [-0.05, 0) is 38.1 Å². The van der Waals surface area contributed by atoms with Crippen molar-refractivity contribution in [3.63, 3.8) is 0 Å². The maximum absolute atomic E-state index is 9.84. The summed E-state index contributed by atoms with van der Waals surface area (Å²) in [6, 6.07) is 0.390. The summed E-state index contributed by atoms with van der Waals surface area (Å²) in [6.07, 6.45) is 11.7. The Morgan fingerprint density at radius 1 is 0.867 bits per heavy atom. The van der Waals surface area contributed by atoms with Gasteiger partial charge in [-0.25, -0.2) is 0 Å². The van der Waals surface area contributed by atoms with Crippen LogP contribution in [0.2, 0.25) is 0 Å². The first kappa shape index (κ1) is 11.4. The molecule has 2 heteroatoms. The third kappa shape index (κ3) is 3.46. The Morgan fingerprint density at radius 3 is 2.27 bits per heavy atom. The summed E-state index contributed by atoms with van der Waals surface area (Å²) in [5, 5.41) is 13.4. The van der Waals surface area contributed by atoms with Crippen molar-refractivity contribution in [1.82, 2.24) is 5.32 Å². The summed E-state index contributed by atoms with van der Waals surface area (Å²) < 4.78 is 0. The number of rotatable bonds is 3. The van der Waals surface area contributed by atoms with Gasteiger partial charge in [0.25, 0.3) is 0 Å². The van der Waals surface area contributed by atoms with Crippen LogP contribution < -0.4 is 5.32 Å². The van der Waals surface area contributed by atoms with Crippen molar-refractivity contribution in [3.05, 3.63) is 0 Å². The molecule has 2 atom stereocenters. The van der Waals surface area contributed by atoms with Crippen LogP contribution in [0, 0.1) is 5.92 Å². The molecule has 0 unspecified atom stereocenters. The van der Waals surface area contributed by atoms with E-state index in [2.05, 4.69) is 5.32 Å². The Kier molecular flexibility index (Phi) is 4.45. The standard InChI is InChI=1S/C13H25NO/c15-13-9-5-4-8-12(13)14-10-11-6-2-1-3-7-11/h11-15H,1-10H2/t12-,13+/m1/s1. The second-order valence-electron chi connectivity index (χ2n) is 5.37. The molecular weight excluding hydrogens is 186 g/mol. The average Bonchev–Trinajstić information content (AvgIpc) is 2.29. The molecule has 0 aromatic rings. The van der Waals surface area contributed by atoms with Crippen molar-refractivity contribution in [2.24, 2.45) is 5.92 Å². The van der Waals surface area contributed by atoms with Gasteiger partial charge in [0.2, 0.25) is 0 Å². The molecule has 0 radical (unpaired) electrons. The molecule has 2 fully saturated rings. The predicted octanol–water partition coefficient (Wildman–Crippen LogP) is 2.46. The van der Waals surface area contributed by atoms with Crippen molar-refractivity contribution in [2.75, 3.05) is 6.54 Å². The van der Waals surface area contributed by atoms with Crippen LogP contribution in [0.1, 0.15) is 57.8 Å². The molecule has 2 N–H and O–H groups in total. The van der Waals surface area contributed by atoms with Gasteiger partial charge in [-0.2, -0.15) is 0 Å². The van der Waals surface area contributed by atoms with Gasteiger partial charge in [0.1, 0.15) is 0 Å². The van der Waals surface area contributed by atoms with Gasteiger partial charge in [0, 0.05) is 6.04 Å². The van der Waals surface area contributed by atoms with E-state index in [1.165, 1.54) is 51.4 Å². The molecule has 0 spiro atoms. The Hall–Kier alpha value is -0.0800. The molecule has 2 aliphatic rings. The van der Waals surface area contributed by atoms with Crippen molar-refractivity contribution in [1.29, 1.82) is 0 Å². The van der Waals surface area contributed by atoms with E-state index >= 15 is 0 Å². The molecule has 0 heterocycles. The second-order valence-corrected chi connectivity index (χ2v) is 5.37. The number of aliphatic hydroxyl groups is 1. The second kappa shape index (κ2) is 5.86. The van der Waals surface area contributed by atoms with E-state index in [9.17, 15) is 5.11 Å². The van der Waals surface area contributed by atoms with Gasteiger partial charge in [-0.1, -0.05) is 32.1 Å².